The molecule has 2 aliphatic rings. The number of nitrogens with two attached hydrogens (primary N) is 1. The number of rotatable bonds is 2. The maximum absolute atomic E-state index is 12.2. The molecule has 96 valence electrons. The molecule has 0 aromatic heterocycles. The summed E-state index contributed by atoms with van der Waals surface area (Å²) >= 11 is 0. The van der Waals surface area contributed by atoms with Crippen LogP contribution in [0.3, 0.4) is 0 Å². The Morgan fingerprint density at radius 2 is 1.94 bits per heavy atom. The molecule has 17 heavy (non-hydrogen) atoms. The first kappa shape index (κ1) is 12.3. The van der Waals surface area contributed by atoms with Gasteiger partial charge in [0, 0.05) is 18.9 Å². The fourth-order valence-corrected chi connectivity index (χ4v) is 2.63. The number of nitrogens with one attached hydrogen (secondary N) is 1. The molecule has 0 aromatic carbocycles. The summed E-state index contributed by atoms with van der Waals surface area (Å²) in [6, 6.07) is -0.632. The summed E-state index contributed by atoms with van der Waals surface area (Å²) in [5.41, 5.74) is 5.26. The number of amides is 2. The van der Waals surface area contributed by atoms with Gasteiger partial charge in [-0.05, 0) is 25.9 Å². The van der Waals surface area contributed by atoms with E-state index in [0.717, 1.165) is 25.9 Å². The molecule has 2 heterocycles. The lowest BCUT2D eigenvalue weighted by atomic mass is 9.96. The summed E-state index contributed by atoms with van der Waals surface area (Å²) in [4.78, 5) is 25.0. The molecule has 6 nitrogen and oxygen atoms in total. The van der Waals surface area contributed by atoms with Crippen LogP contribution in [0.2, 0.25) is 0 Å². The monoisotopic (exact) mass is 241 g/mol. The highest BCUT2D eigenvalue weighted by atomic mass is 16.3. The lowest BCUT2D eigenvalue weighted by Crippen LogP contribution is -2.48. The molecule has 4 N–H and O–H groups in total. The third-order valence-electron chi connectivity index (χ3n) is 3.58. The topological polar surface area (TPSA) is 95.7 Å². The Morgan fingerprint density at radius 3 is 2.53 bits per heavy atom. The molecule has 2 rings (SSSR count). The molecule has 0 aromatic rings. The van der Waals surface area contributed by atoms with Gasteiger partial charge in [-0.1, -0.05) is 0 Å². The van der Waals surface area contributed by atoms with E-state index >= 15 is 0 Å². The van der Waals surface area contributed by atoms with Gasteiger partial charge in [0.05, 0.1) is 6.10 Å². The third-order valence-corrected chi connectivity index (χ3v) is 3.58. The van der Waals surface area contributed by atoms with Crippen LogP contribution in [-0.4, -0.2) is 53.6 Å². The van der Waals surface area contributed by atoms with Gasteiger partial charge in [0.25, 0.3) is 0 Å². The number of carbonyl (C=O) groups excluding carboxylic acids is 2. The molecule has 6 heteroatoms. The summed E-state index contributed by atoms with van der Waals surface area (Å²) in [7, 11) is 0. The van der Waals surface area contributed by atoms with Gasteiger partial charge in [0.2, 0.25) is 11.8 Å². The van der Waals surface area contributed by atoms with Crippen LogP contribution < -0.4 is 11.1 Å². The van der Waals surface area contributed by atoms with Crippen LogP contribution >= 0.6 is 0 Å². The average molecular weight is 241 g/mol. The van der Waals surface area contributed by atoms with E-state index in [2.05, 4.69) is 5.32 Å². The van der Waals surface area contributed by atoms with Crippen LogP contribution in [0.1, 0.15) is 19.3 Å². The third kappa shape index (κ3) is 2.58. The molecule has 2 fully saturated rings. The van der Waals surface area contributed by atoms with Crippen molar-refractivity contribution in [3.8, 4) is 0 Å². The second-order valence-electron chi connectivity index (χ2n) is 4.82. The highest BCUT2D eigenvalue weighted by Crippen LogP contribution is 2.23. The second-order valence-corrected chi connectivity index (χ2v) is 4.82. The van der Waals surface area contributed by atoms with Crippen molar-refractivity contribution in [2.75, 3.05) is 19.6 Å². The Hall–Kier alpha value is -1.14. The predicted molar refractivity (Wildman–Crippen MR) is 60.9 cm³/mol. The smallest absolute Gasteiger partial charge is 0.240 e. The number of piperidine rings is 1. The zero-order chi connectivity index (χ0) is 12.4. The van der Waals surface area contributed by atoms with Crippen molar-refractivity contribution in [1.29, 1.82) is 0 Å². The van der Waals surface area contributed by atoms with E-state index < -0.39 is 18.1 Å². The number of hydrogen-bond acceptors (Lipinski definition) is 4. The molecule has 2 unspecified atom stereocenters. The molecule has 0 aliphatic carbocycles. The number of primary amides is 1. The number of hydrogen-bond donors (Lipinski definition) is 3. The largest absolute Gasteiger partial charge is 0.391 e. The molecule has 0 bridgehead atoms. The molecule has 0 saturated carbocycles. The lowest BCUT2D eigenvalue weighted by molar-refractivity contribution is -0.141. The van der Waals surface area contributed by atoms with Crippen molar-refractivity contribution in [2.24, 2.45) is 11.7 Å². The van der Waals surface area contributed by atoms with Crippen LogP contribution in [0.15, 0.2) is 0 Å². The summed E-state index contributed by atoms with van der Waals surface area (Å²) in [6.45, 7) is 1.89. The first-order valence-electron chi connectivity index (χ1n) is 6.08. The second kappa shape index (κ2) is 5.01. The molecule has 0 spiro atoms. The van der Waals surface area contributed by atoms with Gasteiger partial charge in [-0.2, -0.15) is 0 Å². The standard InChI is InChI=1S/C11H19N3O3/c12-10(16)9-5-8(15)6-14(9)11(17)7-1-3-13-4-2-7/h7-9,13,15H,1-6H2,(H2,12,16). The van der Waals surface area contributed by atoms with Gasteiger partial charge in [0.1, 0.15) is 6.04 Å². The molecule has 2 saturated heterocycles. The molecule has 2 amide bonds. The van der Waals surface area contributed by atoms with E-state index in [9.17, 15) is 14.7 Å². The highest BCUT2D eigenvalue weighted by molar-refractivity contribution is 5.88. The van der Waals surface area contributed by atoms with Crippen molar-refractivity contribution in [1.82, 2.24) is 10.2 Å². The predicted octanol–water partition coefficient (Wildman–Crippen LogP) is -1.57. The fourth-order valence-electron chi connectivity index (χ4n) is 2.63. The highest BCUT2D eigenvalue weighted by Gasteiger charge is 2.40. The van der Waals surface area contributed by atoms with Crippen LogP contribution in [0.4, 0.5) is 0 Å². The number of nitrogens with zero attached hydrogens (tertiary/aromatic N) is 1. The summed E-state index contributed by atoms with van der Waals surface area (Å²) < 4.78 is 0. The van der Waals surface area contributed by atoms with Gasteiger partial charge >= 0.3 is 0 Å². The van der Waals surface area contributed by atoms with Gasteiger partial charge in [-0.15, -0.1) is 0 Å². The number of carbonyl (C=O) groups is 2. The van der Waals surface area contributed by atoms with E-state index in [0.29, 0.717) is 0 Å². The summed E-state index contributed by atoms with van der Waals surface area (Å²) in [6.07, 6.45) is 1.22. The first-order chi connectivity index (χ1) is 8.09. The maximum atomic E-state index is 12.2. The van der Waals surface area contributed by atoms with Crippen molar-refractivity contribution >= 4 is 11.8 Å². The normalized spacial score (nSPS) is 30.5. The molecule has 0 radical (unpaired) electrons. The minimum absolute atomic E-state index is 0.0353. The number of aliphatic hydroxyl groups excluding tert-OH is 1. The van der Waals surface area contributed by atoms with Crippen LogP contribution in [0.5, 0.6) is 0 Å². The zero-order valence-corrected chi connectivity index (χ0v) is 9.76. The summed E-state index contributed by atoms with van der Waals surface area (Å²) in [5.74, 6) is -0.598. The van der Waals surface area contributed by atoms with Crippen LogP contribution in [0, 0.1) is 5.92 Å². The Labute approximate surface area is 100 Å². The van der Waals surface area contributed by atoms with Gasteiger partial charge in [0.15, 0.2) is 0 Å². The Bertz CT molecular complexity index is 315. The Balaban J connectivity index is 2.04. The van der Waals surface area contributed by atoms with Gasteiger partial charge < -0.3 is 21.1 Å². The van der Waals surface area contributed by atoms with Gasteiger partial charge in [-0.3, -0.25) is 9.59 Å². The van der Waals surface area contributed by atoms with E-state index in [1.54, 1.807) is 0 Å². The molecular weight excluding hydrogens is 222 g/mol. The van der Waals surface area contributed by atoms with Crippen molar-refractivity contribution in [3.05, 3.63) is 0 Å². The van der Waals surface area contributed by atoms with Crippen molar-refractivity contribution in [2.45, 2.75) is 31.4 Å². The van der Waals surface area contributed by atoms with E-state index in [-0.39, 0.29) is 24.8 Å². The first-order valence-corrected chi connectivity index (χ1v) is 6.08. The van der Waals surface area contributed by atoms with E-state index in [1.165, 1.54) is 4.90 Å². The minimum atomic E-state index is -0.632. The molecular formula is C11H19N3O3. The fraction of sp³-hybridized carbons (Fsp3) is 0.818. The Kier molecular flexibility index (Phi) is 3.63. The number of β-amino-alcohol motifs (C(OH)–C–C–N with tert-alkyl or cyclic N) is 1. The minimum Gasteiger partial charge on any atom is -0.391 e. The lowest BCUT2D eigenvalue weighted by Gasteiger charge is -2.29. The summed E-state index contributed by atoms with van der Waals surface area (Å²) in [5, 5.41) is 12.7. The van der Waals surface area contributed by atoms with Gasteiger partial charge in [-0.25, -0.2) is 0 Å². The number of likely N-dealkylation sites (tertiary alicyclic amines) is 1. The van der Waals surface area contributed by atoms with E-state index in [1.807, 2.05) is 0 Å². The quantitative estimate of drug-likeness (QED) is 0.544. The molecule has 2 aliphatic heterocycles. The molecule has 2 atom stereocenters. The Morgan fingerprint density at radius 1 is 1.29 bits per heavy atom. The number of aliphatic hydroxyl groups is 1. The zero-order valence-electron chi connectivity index (χ0n) is 9.76. The van der Waals surface area contributed by atoms with Crippen LogP contribution in [-0.2, 0) is 9.59 Å². The van der Waals surface area contributed by atoms with Crippen molar-refractivity contribution < 1.29 is 14.7 Å². The maximum Gasteiger partial charge on any atom is 0.240 e. The average Bonchev–Trinajstić information content (AvgIpc) is 2.72. The van der Waals surface area contributed by atoms with Crippen LogP contribution in [0.25, 0.3) is 0 Å². The SMILES string of the molecule is NC(=O)C1CC(O)CN1C(=O)C1CCNCC1. The van der Waals surface area contributed by atoms with E-state index in [4.69, 9.17) is 5.73 Å². The van der Waals surface area contributed by atoms with Crippen molar-refractivity contribution in [3.63, 3.8) is 0 Å².